The third-order valence-corrected chi connectivity index (χ3v) is 5.52. The molecule has 1 saturated carbocycles. The summed E-state index contributed by atoms with van der Waals surface area (Å²) in [6, 6.07) is 0. The van der Waals surface area contributed by atoms with Gasteiger partial charge in [-0.2, -0.15) is 0 Å². The zero-order valence-electron chi connectivity index (χ0n) is 13.9. The fourth-order valence-electron chi connectivity index (χ4n) is 3.00. The van der Waals surface area contributed by atoms with Gasteiger partial charge in [0.15, 0.2) is 5.13 Å². The summed E-state index contributed by atoms with van der Waals surface area (Å²) in [6.45, 7) is 12.4. The monoisotopic (exact) mass is 307 g/mol. The Balaban J connectivity index is 1.76. The first kappa shape index (κ1) is 15.3. The number of rotatable bonds is 4. The van der Waals surface area contributed by atoms with Crippen LogP contribution in [0.2, 0.25) is 0 Å². The quantitative estimate of drug-likeness (QED) is 0.906. The van der Waals surface area contributed by atoms with Gasteiger partial charge in [-0.3, -0.25) is 0 Å². The predicted molar refractivity (Wildman–Crippen MR) is 91.3 cm³/mol. The number of aromatic nitrogens is 1. The normalized spacial score (nSPS) is 23.6. The largest absolute Gasteiger partial charge is 0.348 e. The van der Waals surface area contributed by atoms with Crippen LogP contribution < -0.4 is 10.2 Å². The summed E-state index contributed by atoms with van der Waals surface area (Å²) in [7, 11) is 0. The van der Waals surface area contributed by atoms with Gasteiger partial charge in [0.2, 0.25) is 0 Å². The van der Waals surface area contributed by atoms with E-state index in [-0.39, 0.29) is 5.54 Å². The molecule has 1 unspecified atom stereocenters. The number of anilines is 1. The molecule has 2 fully saturated rings. The Kier molecular flexibility index (Phi) is 4.28. The third-order valence-electron chi connectivity index (χ3n) is 4.39. The molecule has 1 N–H and O–H groups in total. The van der Waals surface area contributed by atoms with Gasteiger partial charge in [0.1, 0.15) is 0 Å². The van der Waals surface area contributed by atoms with Gasteiger partial charge in [-0.05, 0) is 52.4 Å². The highest BCUT2D eigenvalue weighted by atomic mass is 32.1. The highest BCUT2D eigenvalue weighted by molar-refractivity contribution is 7.15. The molecule has 1 atom stereocenters. The maximum atomic E-state index is 5.04. The van der Waals surface area contributed by atoms with E-state index in [1.165, 1.54) is 54.5 Å². The van der Waals surface area contributed by atoms with Crippen molar-refractivity contribution >= 4 is 16.5 Å². The molecule has 0 aromatic carbocycles. The second-order valence-corrected chi connectivity index (χ2v) is 8.94. The van der Waals surface area contributed by atoms with Gasteiger partial charge in [-0.1, -0.05) is 6.92 Å². The van der Waals surface area contributed by atoms with Crippen molar-refractivity contribution in [3.05, 3.63) is 10.6 Å². The molecule has 2 aliphatic rings. The lowest BCUT2D eigenvalue weighted by Gasteiger charge is -2.30. The summed E-state index contributed by atoms with van der Waals surface area (Å²) in [5.74, 6) is 1.55. The molecule has 0 spiro atoms. The van der Waals surface area contributed by atoms with Crippen LogP contribution in [0.1, 0.15) is 69.9 Å². The molecular formula is C17H29N3S. The lowest BCUT2D eigenvalue weighted by molar-refractivity contribution is 0.425. The van der Waals surface area contributed by atoms with E-state index in [9.17, 15) is 0 Å². The minimum absolute atomic E-state index is 0.171. The molecule has 3 rings (SSSR count). The first-order valence-electron chi connectivity index (χ1n) is 8.42. The average Bonchev–Trinajstić information content (AvgIpc) is 3.15. The number of nitrogens with zero attached hydrogens (tertiary/aromatic N) is 2. The molecule has 1 aromatic heterocycles. The van der Waals surface area contributed by atoms with Gasteiger partial charge < -0.3 is 10.2 Å². The van der Waals surface area contributed by atoms with Crippen LogP contribution >= 0.6 is 11.3 Å². The maximum Gasteiger partial charge on any atom is 0.185 e. The SMILES string of the molecule is CC1CCCN(c2nc(C3CC3)c(CNC(C)(C)C)s2)C1. The van der Waals surface area contributed by atoms with E-state index < -0.39 is 0 Å². The summed E-state index contributed by atoms with van der Waals surface area (Å²) in [5.41, 5.74) is 1.56. The Morgan fingerprint density at radius 1 is 1.29 bits per heavy atom. The molecule has 21 heavy (non-hydrogen) atoms. The van der Waals surface area contributed by atoms with Crippen LogP contribution in [0.5, 0.6) is 0 Å². The van der Waals surface area contributed by atoms with Crippen molar-refractivity contribution in [1.29, 1.82) is 0 Å². The Morgan fingerprint density at radius 2 is 2.05 bits per heavy atom. The van der Waals surface area contributed by atoms with Crippen molar-refractivity contribution in [2.24, 2.45) is 5.92 Å². The van der Waals surface area contributed by atoms with Crippen LogP contribution in [0.15, 0.2) is 0 Å². The van der Waals surface area contributed by atoms with Crippen LogP contribution in [-0.2, 0) is 6.54 Å². The van der Waals surface area contributed by atoms with Gasteiger partial charge in [0, 0.05) is 36.0 Å². The minimum Gasteiger partial charge on any atom is -0.348 e. The topological polar surface area (TPSA) is 28.2 Å². The van der Waals surface area contributed by atoms with Crippen LogP contribution in [0.3, 0.4) is 0 Å². The summed E-state index contributed by atoms with van der Waals surface area (Å²) in [5, 5.41) is 4.91. The maximum absolute atomic E-state index is 5.04. The summed E-state index contributed by atoms with van der Waals surface area (Å²) in [4.78, 5) is 9.03. The van der Waals surface area contributed by atoms with Crippen molar-refractivity contribution in [2.45, 2.75) is 71.4 Å². The number of nitrogens with one attached hydrogen (secondary N) is 1. The molecule has 0 bridgehead atoms. The molecular weight excluding hydrogens is 278 g/mol. The van der Waals surface area contributed by atoms with E-state index >= 15 is 0 Å². The van der Waals surface area contributed by atoms with Crippen molar-refractivity contribution in [1.82, 2.24) is 10.3 Å². The van der Waals surface area contributed by atoms with E-state index in [2.05, 4.69) is 37.9 Å². The summed E-state index contributed by atoms with van der Waals surface area (Å²) < 4.78 is 0. The molecule has 0 amide bonds. The lowest BCUT2D eigenvalue weighted by Crippen LogP contribution is -2.35. The lowest BCUT2D eigenvalue weighted by atomic mass is 10.0. The first-order chi connectivity index (χ1) is 9.92. The third kappa shape index (κ3) is 3.98. The van der Waals surface area contributed by atoms with E-state index in [1.807, 2.05) is 11.3 Å². The summed E-state index contributed by atoms with van der Waals surface area (Å²) >= 11 is 1.93. The van der Waals surface area contributed by atoms with Crippen LogP contribution in [-0.4, -0.2) is 23.6 Å². The molecule has 1 saturated heterocycles. The van der Waals surface area contributed by atoms with E-state index in [1.54, 1.807) is 0 Å². The van der Waals surface area contributed by atoms with E-state index in [0.29, 0.717) is 0 Å². The molecule has 1 aliphatic heterocycles. The molecule has 118 valence electrons. The van der Waals surface area contributed by atoms with E-state index in [0.717, 1.165) is 18.4 Å². The van der Waals surface area contributed by atoms with Crippen molar-refractivity contribution < 1.29 is 0 Å². The van der Waals surface area contributed by atoms with Crippen LogP contribution in [0, 0.1) is 5.92 Å². The van der Waals surface area contributed by atoms with Crippen LogP contribution in [0.4, 0.5) is 5.13 Å². The van der Waals surface area contributed by atoms with Crippen LogP contribution in [0.25, 0.3) is 0 Å². The highest BCUT2D eigenvalue weighted by Gasteiger charge is 2.31. The standard InChI is InChI=1S/C17H29N3S/c1-12-6-5-9-20(11-12)16-19-15(13-7-8-13)14(21-16)10-18-17(2,3)4/h12-13,18H,5-11H2,1-4H3. The first-order valence-corrected chi connectivity index (χ1v) is 9.23. The minimum atomic E-state index is 0.171. The van der Waals surface area contributed by atoms with Gasteiger partial charge in [0.25, 0.3) is 0 Å². The van der Waals surface area contributed by atoms with Crippen molar-refractivity contribution in [2.75, 3.05) is 18.0 Å². The Bertz CT molecular complexity index is 485. The fourth-order valence-corrected chi connectivity index (χ4v) is 4.12. The second kappa shape index (κ2) is 5.88. The average molecular weight is 308 g/mol. The van der Waals surface area contributed by atoms with Gasteiger partial charge in [-0.25, -0.2) is 4.98 Å². The van der Waals surface area contributed by atoms with Gasteiger partial charge in [0.05, 0.1) is 5.69 Å². The predicted octanol–water partition coefficient (Wildman–Crippen LogP) is 4.14. The number of thiazole rings is 1. The molecule has 4 heteroatoms. The number of piperidine rings is 1. The molecule has 1 aliphatic carbocycles. The van der Waals surface area contributed by atoms with E-state index in [4.69, 9.17) is 4.98 Å². The molecule has 2 heterocycles. The van der Waals surface area contributed by atoms with Crippen molar-refractivity contribution in [3.8, 4) is 0 Å². The highest BCUT2D eigenvalue weighted by Crippen LogP contribution is 2.44. The molecule has 0 radical (unpaired) electrons. The zero-order chi connectivity index (χ0) is 15.0. The van der Waals surface area contributed by atoms with Crippen molar-refractivity contribution in [3.63, 3.8) is 0 Å². The second-order valence-electron chi connectivity index (χ2n) is 7.88. The Labute approximate surface area is 133 Å². The summed E-state index contributed by atoms with van der Waals surface area (Å²) in [6.07, 6.45) is 5.36. The Morgan fingerprint density at radius 3 is 2.67 bits per heavy atom. The van der Waals surface area contributed by atoms with Gasteiger partial charge in [-0.15, -0.1) is 11.3 Å². The number of hydrogen-bond acceptors (Lipinski definition) is 4. The van der Waals surface area contributed by atoms with Gasteiger partial charge >= 0.3 is 0 Å². The molecule has 1 aromatic rings. The molecule has 3 nitrogen and oxygen atoms in total. The Hall–Kier alpha value is -0.610. The number of hydrogen-bond donors (Lipinski definition) is 1. The zero-order valence-corrected chi connectivity index (χ0v) is 14.7. The fraction of sp³-hybridized carbons (Fsp3) is 0.824. The smallest absolute Gasteiger partial charge is 0.185 e.